The molecule has 0 radical (unpaired) electrons. The molecule has 26 N–H and O–H groups in total. The van der Waals surface area contributed by atoms with E-state index in [0.29, 0.717) is 37.7 Å². The molecule has 150 heavy (non-hydrogen) atoms. The Labute approximate surface area is 867 Å². The summed E-state index contributed by atoms with van der Waals surface area (Å²) in [5.41, 5.74) is -8.73. The Balaban J connectivity index is 0.715. The van der Waals surface area contributed by atoms with Gasteiger partial charge in [0.1, 0.15) is 182 Å². The molecular weight excluding hydrogens is 2000 g/mol. The van der Waals surface area contributed by atoms with Gasteiger partial charge in [0.25, 0.3) is 0 Å². The predicted octanol–water partition coefficient (Wildman–Crippen LogP) is -6.57. The molecule has 14 aliphatic rings. The van der Waals surface area contributed by atoms with Crippen LogP contribution in [0.25, 0.3) is 0 Å². The maximum absolute atomic E-state index is 16.9. The predicted molar refractivity (Wildman–Crippen MR) is 503 cm³/mol. The number of allylic oxidation sites excluding steroid dienone is 4. The molecule has 858 valence electrons. The lowest BCUT2D eigenvalue weighted by molar-refractivity contribution is -0.390. The average molecular weight is 2160 g/mol. The summed E-state index contributed by atoms with van der Waals surface area (Å²) < 4.78 is 121. The molecule has 9 saturated heterocycles. The first-order valence-electron chi connectivity index (χ1n) is 51.8. The molecule has 0 aromatic heterocycles. The van der Waals surface area contributed by atoms with Gasteiger partial charge in [-0.2, -0.15) is 0 Å². The summed E-state index contributed by atoms with van der Waals surface area (Å²) in [5.74, 6) is -4.70. The first-order valence-corrected chi connectivity index (χ1v) is 51.8. The molecule has 0 spiro atoms. The van der Waals surface area contributed by atoms with Gasteiger partial charge in [0.2, 0.25) is 6.29 Å². The van der Waals surface area contributed by atoms with Crippen molar-refractivity contribution < 1.29 is 242 Å². The van der Waals surface area contributed by atoms with Crippen molar-refractivity contribution in [3.05, 3.63) is 60.3 Å². The quantitative estimate of drug-likeness (QED) is 0.00922. The van der Waals surface area contributed by atoms with Crippen molar-refractivity contribution in [1.82, 2.24) is 0 Å². The van der Waals surface area contributed by atoms with Crippen LogP contribution in [0.5, 0.6) is 0 Å². The Morgan fingerprint density at radius 1 is 0.427 bits per heavy atom. The molecule has 54 atom stereocenters. The van der Waals surface area contributed by atoms with Gasteiger partial charge in [0.15, 0.2) is 62.5 Å². The van der Waals surface area contributed by atoms with Crippen LogP contribution in [0, 0.1) is 50.2 Å². The molecule has 49 heteroatoms. The van der Waals surface area contributed by atoms with Crippen molar-refractivity contribution >= 4 is 17.9 Å². The first-order chi connectivity index (χ1) is 70.3. The molecule has 9 aliphatic heterocycles. The number of hydrogen-bond donors (Lipinski definition) is 26. The zero-order chi connectivity index (χ0) is 110. The van der Waals surface area contributed by atoms with Crippen molar-refractivity contribution in [2.24, 2.45) is 50.2 Å². The molecule has 49 nitrogen and oxygen atoms in total. The Bertz CT molecular complexity index is 4630. The Kier molecular flexibility index (Phi) is 38.4. The summed E-state index contributed by atoms with van der Waals surface area (Å²) in [4.78, 5) is 45.7. The highest BCUT2D eigenvalue weighted by atomic mass is 16.8. The van der Waals surface area contributed by atoms with Gasteiger partial charge >= 0.3 is 17.9 Å². The third-order valence-corrected chi connectivity index (χ3v) is 35.3. The number of aliphatic hydroxyl groups excluding tert-OH is 26. The summed E-state index contributed by atoms with van der Waals surface area (Å²) in [5, 5.41) is 290. The van der Waals surface area contributed by atoms with E-state index in [9.17, 15) is 138 Å². The second-order valence-electron chi connectivity index (χ2n) is 45.7. The second kappa shape index (κ2) is 47.7. The molecule has 0 aromatic rings. The van der Waals surface area contributed by atoms with Gasteiger partial charge in [0.05, 0.1) is 93.5 Å². The largest absolute Gasteiger partial charge is 0.458 e. The van der Waals surface area contributed by atoms with E-state index < -0.39 is 397 Å². The average Bonchev–Trinajstić information content (AvgIpc) is 0.670. The molecule has 0 aromatic carbocycles. The van der Waals surface area contributed by atoms with Crippen LogP contribution >= 0.6 is 0 Å². The summed E-state index contributed by atoms with van der Waals surface area (Å²) in [6.07, 6.45) is -67.7. The van der Waals surface area contributed by atoms with Crippen LogP contribution in [0.1, 0.15) is 167 Å². The Morgan fingerprint density at radius 3 is 1.48 bits per heavy atom. The number of aliphatic hydroxyl groups is 26. The van der Waals surface area contributed by atoms with E-state index in [0.717, 1.165) is 0 Å². The van der Waals surface area contributed by atoms with E-state index in [1.807, 2.05) is 20.8 Å². The van der Waals surface area contributed by atoms with Crippen molar-refractivity contribution in [3.8, 4) is 0 Å². The maximum Gasteiger partial charge on any atom is 0.336 e. The number of ether oxygens (including phenoxy) is 20. The molecule has 13 fully saturated rings. The third kappa shape index (κ3) is 23.3. The summed E-state index contributed by atoms with van der Waals surface area (Å²) in [6.45, 7) is 25.5. The summed E-state index contributed by atoms with van der Waals surface area (Å²) in [6, 6.07) is 0. The smallest absolute Gasteiger partial charge is 0.336 e. The number of rotatable bonds is 35. The highest BCUT2D eigenvalue weighted by Crippen LogP contribution is 2.77. The van der Waals surface area contributed by atoms with Gasteiger partial charge in [-0.15, -0.1) is 13.2 Å². The fraction of sp³-hybridized carbons (Fsp3) is 0.871. The molecule has 9 heterocycles. The zero-order valence-corrected chi connectivity index (χ0v) is 86.5. The van der Waals surface area contributed by atoms with Crippen LogP contribution in [0.2, 0.25) is 0 Å². The topological polar surface area (TPSA) is 762 Å². The Hall–Kier alpha value is -4.61. The van der Waals surface area contributed by atoms with Crippen molar-refractivity contribution in [2.75, 3.05) is 46.2 Å². The van der Waals surface area contributed by atoms with E-state index >= 15 is 9.59 Å². The third-order valence-electron chi connectivity index (χ3n) is 35.3. The second-order valence-corrected chi connectivity index (χ2v) is 45.7. The van der Waals surface area contributed by atoms with E-state index in [-0.39, 0.29) is 61.5 Å². The standard InChI is InChI=1S/C101H160O49/c1-16-96(11,149-89-74(125)65(116)58(109)41(4)134-89)26-18-20-40(3)82(128)143-77-42(5)136-90(75(126)69(77)120)150-97(12,17-2)27-19-21-44(33-102)83(129)141-57-32-101(93(130)148-92-81(68(119)62(113)50(35-104)139-92)147-88-76(127)79(145-87-73(124)66(117)61(112)49(34-103)137-87)78(43(6)135-88)144-86-71(122)63(114)51(36-105)138-86)46(30-94(57,7)8)45-22-23-54-98(13)28-25-56(95(9,10)53(98)24-29-99(54,14)100(45,15)31-55(101)108)142-85-72(123)67(118)64(115)52(140-85)39-133-91-80(60(111)48(107)38-132-91)146-84-70(121)59(110)47(106)37-131-84/h16-17,20-22,41-43,46-81,84-92,102-127H,1-2,18-19,23-39H2,3-15H3/b40-20+,44-21+/t41-,42-,43+,46+,47-,48+,49-,50-,51+,52-,53+,54-,55-,56+,57+,58-,59+,60+,61-,62-,63+,64-,65+,66+,67+,68+,69-,70-,71-,72-,73-,74-,75-,76-,77-,78+,79+,80-,81-,84+,85+,86+,87+,88+,89+,90+,91+,92+,96+,97-,98+,99-,100-,101-/m1/s1. The maximum atomic E-state index is 16.9. The van der Waals surface area contributed by atoms with Gasteiger partial charge in [-0.3, -0.25) is 4.79 Å². The lowest BCUT2D eigenvalue weighted by Crippen LogP contribution is -2.70. The van der Waals surface area contributed by atoms with Crippen LogP contribution in [0.3, 0.4) is 0 Å². The summed E-state index contributed by atoms with van der Waals surface area (Å²) >= 11 is 0. The monoisotopic (exact) mass is 2160 g/mol. The van der Waals surface area contributed by atoms with Gasteiger partial charge in [-0.25, -0.2) is 9.59 Å². The number of carbonyl (C=O) groups excluding carboxylic acids is 3. The van der Waals surface area contributed by atoms with Crippen LogP contribution < -0.4 is 0 Å². The molecule has 14 rings (SSSR count). The normalized spacial score (nSPS) is 49.2. The minimum absolute atomic E-state index is 0.0581. The lowest BCUT2D eigenvalue weighted by atomic mass is 9.33. The minimum Gasteiger partial charge on any atom is -0.458 e. The number of hydrogen-bond acceptors (Lipinski definition) is 49. The number of esters is 3. The number of fused-ring (bicyclic) bond motifs is 7. The fourth-order valence-electron chi connectivity index (χ4n) is 25.4. The van der Waals surface area contributed by atoms with Gasteiger partial charge < -0.3 is 228 Å². The van der Waals surface area contributed by atoms with Crippen LogP contribution in [0.15, 0.2) is 60.3 Å². The SMILES string of the molecule is C=C[C@@](C)(CC/C=C(\C)C(=O)O[C@H]1[C@H](O)[C@@H](O)[C@H](O[C@](C)(C=C)CC/C=C(\CO)C(=O)O[C@H]2C[C@]3(C(=O)O[C@@H]4O[C@H](CO)[C@@H](O)[C@H](O)[C@H]4O[C@@H]4O[C@@H](C)[C@H](O[C@@H]5O[C@@H](CO)[C@H](O)[C@H]5O)[C@@H](O[C@@H]5O[C@H](CO)[C@@H](O)[C@H](O)[C@H]5O)[C@H]4O)[C@H](O)C[C@]4(C)C(=CC[C@@H]5[C@@]6(C)CC[C@H](O[C@@H]7O[C@H](CO[C@@H]8OC[C@H](O)[C@H](O)[C@H]8O[C@@H]8OC[C@@H](O)[C@H](O)[C@H]8O)[C@@H](O)[C@H](O)[C@H]7O)C(C)(C)[C@@H]6CC[C@]54C)[C@@H]3CC2(C)C)O[C@@H]1C)O[C@@H]1O[C@H](C)[C@@H](O)[C@H](O)[C@H]1O. The summed E-state index contributed by atoms with van der Waals surface area (Å²) in [7, 11) is 0. The van der Waals surface area contributed by atoms with Gasteiger partial charge in [-0.1, -0.05) is 84.4 Å². The molecular formula is C101H160O49. The molecule has 5 aliphatic carbocycles. The van der Waals surface area contributed by atoms with Crippen LogP contribution in [0.4, 0.5) is 0 Å². The van der Waals surface area contributed by atoms with E-state index in [1.54, 1.807) is 27.7 Å². The van der Waals surface area contributed by atoms with Gasteiger partial charge in [-0.05, 0) is 152 Å². The van der Waals surface area contributed by atoms with Crippen molar-refractivity contribution in [3.63, 3.8) is 0 Å². The zero-order valence-electron chi connectivity index (χ0n) is 86.5. The van der Waals surface area contributed by atoms with Crippen LogP contribution in [-0.4, -0.2) is 484 Å². The fourth-order valence-corrected chi connectivity index (χ4v) is 25.4. The van der Waals surface area contributed by atoms with Crippen molar-refractivity contribution in [2.45, 2.75) is 455 Å². The minimum atomic E-state index is -2.30. The molecule has 0 bridgehead atoms. The Morgan fingerprint density at radius 2 is 0.887 bits per heavy atom. The number of carbonyl (C=O) groups is 3. The van der Waals surface area contributed by atoms with E-state index in [2.05, 4.69) is 33.1 Å². The van der Waals surface area contributed by atoms with Gasteiger partial charge in [0, 0.05) is 17.4 Å². The molecule has 4 saturated carbocycles. The van der Waals surface area contributed by atoms with E-state index in [4.69, 9.17) is 94.7 Å². The lowest BCUT2D eigenvalue weighted by Gasteiger charge is -2.72. The highest BCUT2D eigenvalue weighted by molar-refractivity contribution is 5.89. The molecule has 0 amide bonds. The molecule has 0 unspecified atom stereocenters. The van der Waals surface area contributed by atoms with E-state index in [1.165, 1.54) is 52.0 Å². The first kappa shape index (κ1) is 121. The van der Waals surface area contributed by atoms with Crippen LogP contribution in [-0.2, 0) is 109 Å². The highest BCUT2D eigenvalue weighted by Gasteiger charge is 2.74. The van der Waals surface area contributed by atoms with Crippen molar-refractivity contribution in [1.29, 1.82) is 0 Å².